The van der Waals surface area contributed by atoms with Gasteiger partial charge in [-0.3, -0.25) is 4.79 Å². The molecule has 0 spiro atoms. The molecule has 1 aromatic rings. The van der Waals surface area contributed by atoms with Gasteiger partial charge in [0.2, 0.25) is 5.24 Å². The molecule has 0 bridgehead atoms. The Morgan fingerprint density at radius 2 is 1.93 bits per heavy atom. The van der Waals surface area contributed by atoms with Crippen LogP contribution >= 0.6 is 23.2 Å². The molecule has 0 fully saturated rings. The van der Waals surface area contributed by atoms with E-state index in [9.17, 15) is 4.79 Å². The van der Waals surface area contributed by atoms with Gasteiger partial charge < -0.3 is 0 Å². The number of carbonyl (C=O) groups excluding carboxylic acids is 1. The summed E-state index contributed by atoms with van der Waals surface area (Å²) < 4.78 is 0. The normalized spacial score (nSPS) is 12.5. The molecule has 0 saturated carbocycles. The minimum atomic E-state index is -0.272. The van der Waals surface area contributed by atoms with E-state index in [0.717, 1.165) is 11.4 Å². The molecule has 0 aliphatic heterocycles. The minimum absolute atomic E-state index is 0.272. The average molecular weight is 231 g/mol. The molecule has 0 heterocycles. The van der Waals surface area contributed by atoms with E-state index in [4.69, 9.17) is 23.2 Å². The summed E-state index contributed by atoms with van der Waals surface area (Å²) in [5, 5.41) is 0.460. The number of benzene rings is 1. The summed E-state index contributed by atoms with van der Waals surface area (Å²) in [7, 11) is 0. The fourth-order valence-corrected chi connectivity index (χ4v) is 1.76. The predicted molar refractivity (Wildman–Crippen MR) is 59.8 cm³/mol. The van der Waals surface area contributed by atoms with Gasteiger partial charge in [-0.05, 0) is 41.6 Å². The standard InChI is InChI=1S/C11H12Cl2O/c1-8(7-11(13)14)6-9-2-4-10(12)5-3-9/h2-5,8H,6-7H2,1H3. The average Bonchev–Trinajstić information content (AvgIpc) is 2.07. The summed E-state index contributed by atoms with van der Waals surface area (Å²) in [6, 6.07) is 7.65. The molecule has 0 radical (unpaired) electrons. The van der Waals surface area contributed by atoms with Crippen molar-refractivity contribution < 1.29 is 4.79 Å². The molecule has 3 heteroatoms. The van der Waals surface area contributed by atoms with Crippen LogP contribution in [0.5, 0.6) is 0 Å². The van der Waals surface area contributed by atoms with Crippen molar-refractivity contribution in [1.29, 1.82) is 0 Å². The summed E-state index contributed by atoms with van der Waals surface area (Å²) in [5.41, 5.74) is 1.18. The lowest BCUT2D eigenvalue weighted by Crippen LogP contribution is -2.03. The lowest BCUT2D eigenvalue weighted by Gasteiger charge is -2.08. The molecule has 0 saturated heterocycles. The van der Waals surface area contributed by atoms with Crippen molar-refractivity contribution >= 4 is 28.4 Å². The summed E-state index contributed by atoms with van der Waals surface area (Å²) in [6.07, 6.45) is 1.28. The van der Waals surface area contributed by atoms with Gasteiger partial charge in [-0.2, -0.15) is 0 Å². The number of hydrogen-bond donors (Lipinski definition) is 0. The van der Waals surface area contributed by atoms with Crippen molar-refractivity contribution in [3.63, 3.8) is 0 Å². The van der Waals surface area contributed by atoms with Gasteiger partial charge in [0.25, 0.3) is 0 Å². The van der Waals surface area contributed by atoms with Crippen LogP contribution in [0.2, 0.25) is 5.02 Å². The van der Waals surface area contributed by atoms with E-state index in [0.29, 0.717) is 6.42 Å². The van der Waals surface area contributed by atoms with Gasteiger partial charge in [0.1, 0.15) is 0 Å². The van der Waals surface area contributed by atoms with Gasteiger partial charge in [0.05, 0.1) is 0 Å². The van der Waals surface area contributed by atoms with Crippen molar-refractivity contribution in [2.75, 3.05) is 0 Å². The van der Waals surface area contributed by atoms with Crippen molar-refractivity contribution in [1.82, 2.24) is 0 Å². The number of rotatable bonds is 4. The molecule has 1 rings (SSSR count). The van der Waals surface area contributed by atoms with E-state index in [1.807, 2.05) is 31.2 Å². The van der Waals surface area contributed by atoms with Crippen LogP contribution in [0, 0.1) is 5.92 Å². The first kappa shape index (κ1) is 11.5. The van der Waals surface area contributed by atoms with E-state index in [-0.39, 0.29) is 11.2 Å². The van der Waals surface area contributed by atoms with E-state index in [1.165, 1.54) is 5.56 Å². The van der Waals surface area contributed by atoms with Crippen LogP contribution in [0.25, 0.3) is 0 Å². The Hall–Kier alpha value is -0.530. The topological polar surface area (TPSA) is 17.1 Å². The van der Waals surface area contributed by atoms with E-state index >= 15 is 0 Å². The Labute approximate surface area is 94.0 Å². The highest BCUT2D eigenvalue weighted by molar-refractivity contribution is 6.63. The van der Waals surface area contributed by atoms with Gasteiger partial charge in [-0.1, -0.05) is 30.7 Å². The monoisotopic (exact) mass is 230 g/mol. The molecule has 1 aromatic carbocycles. The second-order valence-electron chi connectivity index (χ2n) is 3.50. The zero-order valence-electron chi connectivity index (χ0n) is 7.97. The van der Waals surface area contributed by atoms with Crippen LogP contribution < -0.4 is 0 Å². The Morgan fingerprint density at radius 1 is 1.36 bits per heavy atom. The molecule has 0 aliphatic rings. The second-order valence-corrected chi connectivity index (χ2v) is 4.35. The van der Waals surface area contributed by atoms with E-state index in [1.54, 1.807) is 0 Å². The third-order valence-corrected chi connectivity index (χ3v) is 2.41. The molecule has 0 aliphatic carbocycles. The van der Waals surface area contributed by atoms with Gasteiger partial charge in [-0.25, -0.2) is 0 Å². The molecule has 1 unspecified atom stereocenters. The maximum absolute atomic E-state index is 10.6. The molecule has 76 valence electrons. The minimum Gasteiger partial charge on any atom is -0.281 e. The maximum atomic E-state index is 10.6. The van der Waals surface area contributed by atoms with E-state index < -0.39 is 0 Å². The van der Waals surface area contributed by atoms with Crippen molar-refractivity contribution in [3.8, 4) is 0 Å². The third kappa shape index (κ3) is 4.12. The van der Waals surface area contributed by atoms with Gasteiger partial charge >= 0.3 is 0 Å². The number of hydrogen-bond acceptors (Lipinski definition) is 1. The van der Waals surface area contributed by atoms with Crippen LogP contribution in [0.15, 0.2) is 24.3 Å². The first-order valence-electron chi connectivity index (χ1n) is 4.50. The lowest BCUT2D eigenvalue weighted by molar-refractivity contribution is -0.112. The highest BCUT2D eigenvalue weighted by atomic mass is 35.5. The molecule has 1 nitrogen and oxygen atoms in total. The second kappa shape index (κ2) is 5.38. The Kier molecular flexibility index (Phi) is 4.43. The van der Waals surface area contributed by atoms with Gasteiger partial charge in [-0.15, -0.1) is 0 Å². The lowest BCUT2D eigenvalue weighted by atomic mass is 9.99. The van der Waals surface area contributed by atoms with Crippen LogP contribution in [0.1, 0.15) is 18.9 Å². The van der Waals surface area contributed by atoms with Crippen LogP contribution in [-0.2, 0) is 11.2 Å². The molecule has 0 amide bonds. The van der Waals surface area contributed by atoms with Crippen molar-refractivity contribution in [2.45, 2.75) is 19.8 Å². The highest BCUT2D eigenvalue weighted by Gasteiger charge is 2.07. The van der Waals surface area contributed by atoms with Crippen LogP contribution in [0.4, 0.5) is 0 Å². The van der Waals surface area contributed by atoms with Crippen molar-refractivity contribution in [3.05, 3.63) is 34.9 Å². The smallest absolute Gasteiger partial charge is 0.221 e. The molecule has 0 N–H and O–H groups in total. The van der Waals surface area contributed by atoms with Crippen LogP contribution in [-0.4, -0.2) is 5.24 Å². The Morgan fingerprint density at radius 3 is 2.43 bits per heavy atom. The predicted octanol–water partition coefficient (Wildman–Crippen LogP) is 3.67. The summed E-state index contributed by atoms with van der Waals surface area (Å²) in [6.45, 7) is 2.01. The fraction of sp³-hybridized carbons (Fsp3) is 0.364. The van der Waals surface area contributed by atoms with Gasteiger partial charge in [0.15, 0.2) is 0 Å². The van der Waals surface area contributed by atoms with Crippen molar-refractivity contribution in [2.24, 2.45) is 5.92 Å². The zero-order valence-corrected chi connectivity index (χ0v) is 9.48. The SMILES string of the molecule is CC(CC(=O)Cl)Cc1ccc(Cl)cc1. The van der Waals surface area contributed by atoms with E-state index in [2.05, 4.69) is 0 Å². The number of carbonyl (C=O) groups is 1. The summed E-state index contributed by atoms with van der Waals surface area (Å²) >= 11 is 11.1. The first-order chi connectivity index (χ1) is 6.58. The number of halogens is 2. The maximum Gasteiger partial charge on any atom is 0.221 e. The summed E-state index contributed by atoms with van der Waals surface area (Å²) in [4.78, 5) is 10.6. The third-order valence-electron chi connectivity index (χ3n) is 2.01. The first-order valence-corrected chi connectivity index (χ1v) is 5.26. The largest absolute Gasteiger partial charge is 0.281 e. The fourth-order valence-electron chi connectivity index (χ4n) is 1.37. The molecular formula is C11H12Cl2O. The Bertz CT molecular complexity index is 306. The molecule has 14 heavy (non-hydrogen) atoms. The highest BCUT2D eigenvalue weighted by Crippen LogP contribution is 2.15. The van der Waals surface area contributed by atoms with Gasteiger partial charge in [0, 0.05) is 11.4 Å². The Balaban J connectivity index is 2.51. The quantitative estimate of drug-likeness (QED) is 0.722. The molecule has 0 aromatic heterocycles. The zero-order chi connectivity index (χ0) is 10.6. The summed E-state index contributed by atoms with van der Waals surface area (Å²) in [5.74, 6) is 0.279. The molecule has 1 atom stereocenters. The van der Waals surface area contributed by atoms with Crippen LogP contribution in [0.3, 0.4) is 0 Å². The molecular weight excluding hydrogens is 219 g/mol.